The first-order valence-corrected chi connectivity index (χ1v) is 8.62. The van der Waals surface area contributed by atoms with Gasteiger partial charge in [0.05, 0.1) is 17.6 Å². The van der Waals surface area contributed by atoms with E-state index in [1.807, 2.05) is 25.1 Å². The molecule has 142 valence electrons. The van der Waals surface area contributed by atoms with Gasteiger partial charge in [0.2, 0.25) is 5.91 Å². The topological polar surface area (TPSA) is 58.2 Å². The molecule has 8 heteroatoms. The number of ether oxygens (including phenoxy) is 1. The Balaban J connectivity index is 1.60. The van der Waals surface area contributed by atoms with Crippen LogP contribution in [0.15, 0.2) is 18.2 Å². The number of amides is 1. The lowest BCUT2D eigenvalue weighted by Gasteiger charge is -2.30. The first-order chi connectivity index (χ1) is 12.2. The third-order valence-corrected chi connectivity index (χ3v) is 4.93. The highest BCUT2D eigenvalue weighted by molar-refractivity contribution is 5.79. The van der Waals surface area contributed by atoms with Gasteiger partial charge in [-0.25, -0.2) is 4.98 Å². The van der Waals surface area contributed by atoms with E-state index in [4.69, 9.17) is 4.74 Å². The van der Waals surface area contributed by atoms with Gasteiger partial charge in [-0.3, -0.25) is 4.79 Å². The Kier molecular flexibility index (Phi) is 4.96. The molecule has 0 radical (unpaired) electrons. The molecule has 1 fully saturated rings. The summed E-state index contributed by atoms with van der Waals surface area (Å²) in [4.78, 5) is 21.6. The quantitative estimate of drug-likeness (QED) is 0.902. The van der Waals surface area contributed by atoms with Crippen molar-refractivity contribution >= 4 is 16.9 Å². The van der Waals surface area contributed by atoms with E-state index >= 15 is 0 Å². The van der Waals surface area contributed by atoms with Crippen LogP contribution in [-0.2, 0) is 16.0 Å². The molecule has 1 amide bonds. The maximum Gasteiger partial charge on any atom is 0.417 e. The van der Waals surface area contributed by atoms with Gasteiger partial charge in [0, 0.05) is 32.4 Å². The van der Waals surface area contributed by atoms with Crippen molar-refractivity contribution in [1.82, 2.24) is 14.9 Å². The van der Waals surface area contributed by atoms with Crippen LogP contribution in [0.4, 0.5) is 13.2 Å². The van der Waals surface area contributed by atoms with Crippen LogP contribution in [0.3, 0.4) is 0 Å². The molecule has 0 saturated carbocycles. The molecule has 1 atom stereocenters. The number of rotatable bonds is 3. The van der Waals surface area contributed by atoms with E-state index in [1.54, 1.807) is 0 Å². The minimum Gasteiger partial charge on any atom is -0.364 e. The number of aromatic amines is 1. The number of carbonyl (C=O) groups excluding carboxylic acids is 1. The monoisotopic (exact) mass is 369 g/mol. The van der Waals surface area contributed by atoms with Crippen LogP contribution < -0.4 is 0 Å². The molecule has 26 heavy (non-hydrogen) atoms. The molecule has 1 saturated heterocycles. The second kappa shape index (κ2) is 6.90. The molecule has 2 heterocycles. The summed E-state index contributed by atoms with van der Waals surface area (Å²) in [5.41, 5.74) is 0.640. The van der Waals surface area contributed by atoms with Gasteiger partial charge < -0.3 is 14.6 Å². The van der Waals surface area contributed by atoms with Crippen molar-refractivity contribution < 1.29 is 22.7 Å². The van der Waals surface area contributed by atoms with Gasteiger partial charge in [-0.2, -0.15) is 13.2 Å². The number of halogens is 3. The molecule has 1 unspecified atom stereocenters. The van der Waals surface area contributed by atoms with Crippen LogP contribution in [0, 0.1) is 6.92 Å². The van der Waals surface area contributed by atoms with Gasteiger partial charge in [-0.1, -0.05) is 12.1 Å². The summed E-state index contributed by atoms with van der Waals surface area (Å²) in [5.74, 6) is 0.519. The highest BCUT2D eigenvalue weighted by atomic mass is 19.4. The van der Waals surface area contributed by atoms with Gasteiger partial charge in [0.15, 0.2) is 5.60 Å². The number of carbonyl (C=O) groups is 1. The molecular weight excluding hydrogens is 347 g/mol. The van der Waals surface area contributed by atoms with E-state index in [2.05, 4.69) is 9.97 Å². The van der Waals surface area contributed by atoms with Crippen LogP contribution in [0.2, 0.25) is 0 Å². The summed E-state index contributed by atoms with van der Waals surface area (Å²) in [6.07, 6.45) is -4.09. The number of hydrogen-bond acceptors (Lipinski definition) is 3. The number of nitrogens with one attached hydrogen (secondary N) is 1. The van der Waals surface area contributed by atoms with Crippen LogP contribution in [0.1, 0.15) is 31.2 Å². The second-order valence-electron chi connectivity index (χ2n) is 6.86. The predicted molar refractivity (Wildman–Crippen MR) is 90.8 cm³/mol. The smallest absolute Gasteiger partial charge is 0.364 e. The molecule has 1 N–H and O–H groups in total. The highest BCUT2D eigenvalue weighted by Crippen LogP contribution is 2.37. The Labute approximate surface area is 149 Å². The standard InChI is InChI=1S/C18H22F3N3O2/c1-12-4-3-5-13-16(12)23-14(22-13)6-7-15(25)24-9-8-17(2,18(19,20)21)26-11-10-24/h3-5H,6-11H2,1-2H3,(H,22,23). The summed E-state index contributed by atoms with van der Waals surface area (Å²) < 4.78 is 44.3. The van der Waals surface area contributed by atoms with E-state index in [9.17, 15) is 18.0 Å². The number of para-hydroxylation sites is 1. The summed E-state index contributed by atoms with van der Waals surface area (Å²) in [6, 6.07) is 5.82. The highest BCUT2D eigenvalue weighted by Gasteiger charge is 2.53. The largest absolute Gasteiger partial charge is 0.417 e. The average Bonchev–Trinajstić information content (AvgIpc) is 2.88. The van der Waals surface area contributed by atoms with Gasteiger partial charge in [-0.05, 0) is 25.5 Å². The summed E-state index contributed by atoms with van der Waals surface area (Å²) in [5, 5.41) is 0. The lowest BCUT2D eigenvalue weighted by Crippen LogP contribution is -2.45. The van der Waals surface area contributed by atoms with Gasteiger partial charge in [0.25, 0.3) is 0 Å². The van der Waals surface area contributed by atoms with Gasteiger partial charge >= 0.3 is 6.18 Å². The third kappa shape index (κ3) is 3.70. The Hall–Kier alpha value is -2.09. The number of nitrogens with zero attached hydrogens (tertiary/aromatic N) is 2. The van der Waals surface area contributed by atoms with Crippen LogP contribution >= 0.6 is 0 Å². The molecule has 0 bridgehead atoms. The molecule has 1 aromatic heterocycles. The third-order valence-electron chi connectivity index (χ3n) is 4.93. The molecule has 0 aliphatic carbocycles. The van der Waals surface area contributed by atoms with Crippen molar-refractivity contribution in [1.29, 1.82) is 0 Å². The average molecular weight is 369 g/mol. The van der Waals surface area contributed by atoms with Crippen LogP contribution in [-0.4, -0.2) is 52.2 Å². The van der Waals surface area contributed by atoms with Crippen molar-refractivity contribution in [3.8, 4) is 0 Å². The number of alkyl halides is 3. The molecule has 1 aliphatic heterocycles. The van der Waals surface area contributed by atoms with Gasteiger partial charge in [-0.15, -0.1) is 0 Å². The first-order valence-electron chi connectivity index (χ1n) is 8.62. The van der Waals surface area contributed by atoms with E-state index < -0.39 is 11.8 Å². The van der Waals surface area contributed by atoms with E-state index in [1.165, 1.54) is 4.90 Å². The normalized spacial score (nSPS) is 21.8. The first kappa shape index (κ1) is 18.7. The number of fused-ring (bicyclic) bond motifs is 1. The van der Waals surface area contributed by atoms with Crippen molar-refractivity contribution in [2.24, 2.45) is 0 Å². The number of imidazole rings is 1. The maximum atomic E-state index is 13.1. The SMILES string of the molecule is Cc1cccc2[nH]c(CCC(=O)N3CCOC(C)(C(F)(F)F)CC3)nc12. The lowest BCUT2D eigenvalue weighted by atomic mass is 10.0. The van der Waals surface area contributed by atoms with E-state index in [-0.39, 0.29) is 38.4 Å². The Morgan fingerprint density at radius 2 is 2.15 bits per heavy atom. The summed E-state index contributed by atoms with van der Waals surface area (Å²) in [6.45, 7) is 3.09. The van der Waals surface area contributed by atoms with Crippen molar-refractivity contribution in [2.75, 3.05) is 19.7 Å². The Bertz CT molecular complexity index is 803. The number of aromatic nitrogens is 2. The summed E-state index contributed by atoms with van der Waals surface area (Å²) >= 11 is 0. The molecular formula is C18H22F3N3O2. The predicted octanol–water partition coefficient (Wildman–Crippen LogP) is 3.37. The molecule has 1 aromatic carbocycles. The number of benzene rings is 1. The van der Waals surface area contributed by atoms with Gasteiger partial charge in [0.1, 0.15) is 5.82 Å². The second-order valence-corrected chi connectivity index (χ2v) is 6.86. The minimum absolute atomic E-state index is 0.0358. The Morgan fingerprint density at radius 1 is 1.38 bits per heavy atom. The lowest BCUT2D eigenvalue weighted by molar-refractivity contribution is -0.269. The van der Waals surface area contributed by atoms with E-state index in [0.29, 0.717) is 12.2 Å². The van der Waals surface area contributed by atoms with Crippen molar-refractivity contribution in [2.45, 2.75) is 44.9 Å². The molecule has 0 spiro atoms. The maximum absolute atomic E-state index is 13.1. The zero-order chi connectivity index (χ0) is 18.9. The number of aryl methyl sites for hydroxylation is 2. The zero-order valence-corrected chi connectivity index (χ0v) is 14.8. The Morgan fingerprint density at radius 3 is 2.85 bits per heavy atom. The summed E-state index contributed by atoms with van der Waals surface area (Å²) in [7, 11) is 0. The number of hydrogen-bond donors (Lipinski definition) is 1. The fourth-order valence-corrected chi connectivity index (χ4v) is 3.11. The van der Waals surface area contributed by atoms with E-state index in [0.717, 1.165) is 23.5 Å². The number of H-pyrrole nitrogens is 1. The zero-order valence-electron chi connectivity index (χ0n) is 14.8. The van der Waals surface area contributed by atoms with Crippen LogP contribution in [0.5, 0.6) is 0 Å². The molecule has 5 nitrogen and oxygen atoms in total. The van der Waals surface area contributed by atoms with Crippen molar-refractivity contribution in [3.63, 3.8) is 0 Å². The van der Waals surface area contributed by atoms with Crippen LogP contribution in [0.25, 0.3) is 11.0 Å². The molecule has 1 aliphatic rings. The minimum atomic E-state index is -4.45. The van der Waals surface area contributed by atoms with Crippen molar-refractivity contribution in [3.05, 3.63) is 29.6 Å². The molecule has 2 aromatic rings. The fourth-order valence-electron chi connectivity index (χ4n) is 3.11. The fraction of sp³-hybridized carbons (Fsp3) is 0.556. The molecule has 3 rings (SSSR count).